The molecule has 2 aromatic rings. The van der Waals surface area contributed by atoms with E-state index in [-0.39, 0.29) is 35.9 Å². The highest BCUT2D eigenvalue weighted by molar-refractivity contribution is 6.25. The number of piperidine rings is 1. The number of carbonyl (C=O) groups excluding carboxylic acids is 4. The van der Waals surface area contributed by atoms with Gasteiger partial charge in [0.05, 0.1) is 17.5 Å². The summed E-state index contributed by atoms with van der Waals surface area (Å²) in [5.41, 5.74) is 1.26. The van der Waals surface area contributed by atoms with Gasteiger partial charge in [-0.3, -0.25) is 39.0 Å². The van der Waals surface area contributed by atoms with Crippen molar-refractivity contribution in [3.8, 4) is 0 Å². The zero-order valence-electron chi connectivity index (χ0n) is 20.2. The third-order valence-electron chi connectivity index (χ3n) is 6.53. The van der Waals surface area contributed by atoms with E-state index in [2.05, 4.69) is 10.6 Å². The number of rotatable bonds is 11. The van der Waals surface area contributed by atoms with Crippen LogP contribution >= 0.6 is 0 Å². The fourth-order valence-corrected chi connectivity index (χ4v) is 4.66. The molecule has 2 aliphatic rings. The maximum absolute atomic E-state index is 13.1. The van der Waals surface area contributed by atoms with Crippen LogP contribution in [-0.4, -0.2) is 56.8 Å². The van der Waals surface area contributed by atoms with Gasteiger partial charge in [-0.05, 0) is 43.0 Å². The topological polar surface area (TPSA) is 155 Å². The maximum atomic E-state index is 13.1. The summed E-state index contributed by atoms with van der Waals surface area (Å²) in [5, 5.41) is 14.2. The van der Waals surface area contributed by atoms with E-state index in [1.54, 1.807) is 35.0 Å². The SMILES string of the molecule is O=C(O)Cc1ccn(CCCCCCNc2cccc3c2C(=O)N(C2CCC(=O)NC2=O)C3=O)c(=O)c1. The number of hydrogen-bond donors (Lipinski definition) is 3. The number of hydrogen-bond acceptors (Lipinski definition) is 7. The van der Waals surface area contributed by atoms with Crippen LogP contribution in [0.15, 0.2) is 41.3 Å². The Morgan fingerprint density at radius 2 is 1.81 bits per heavy atom. The molecule has 0 radical (unpaired) electrons. The number of amides is 4. The Kier molecular flexibility index (Phi) is 7.80. The number of carboxylic acid groups (broad SMARTS) is 1. The Balaban J connectivity index is 1.26. The Bertz CT molecular complexity index is 1320. The smallest absolute Gasteiger partial charge is 0.307 e. The Labute approximate surface area is 212 Å². The lowest BCUT2D eigenvalue weighted by Crippen LogP contribution is -2.54. The second-order valence-electron chi connectivity index (χ2n) is 9.15. The number of aromatic nitrogens is 1. The molecular weight excluding hydrogens is 480 g/mol. The number of imide groups is 2. The molecule has 194 valence electrons. The Morgan fingerprint density at radius 1 is 1.03 bits per heavy atom. The van der Waals surface area contributed by atoms with Gasteiger partial charge in [0, 0.05) is 37.5 Å². The molecule has 2 aliphatic heterocycles. The van der Waals surface area contributed by atoms with E-state index < -0.39 is 35.6 Å². The van der Waals surface area contributed by atoms with Crippen molar-refractivity contribution in [3.05, 3.63) is 63.6 Å². The molecule has 1 aromatic heterocycles. The number of nitrogens with zero attached hydrogens (tertiary/aromatic N) is 2. The molecule has 3 heterocycles. The summed E-state index contributed by atoms with van der Waals surface area (Å²) < 4.78 is 1.56. The molecule has 3 N–H and O–H groups in total. The summed E-state index contributed by atoms with van der Waals surface area (Å²) in [5.74, 6) is -3.12. The number of carbonyl (C=O) groups is 5. The van der Waals surface area contributed by atoms with Crippen molar-refractivity contribution in [2.75, 3.05) is 11.9 Å². The number of nitrogens with one attached hydrogen (secondary N) is 2. The van der Waals surface area contributed by atoms with Crippen molar-refractivity contribution in [2.24, 2.45) is 0 Å². The number of fused-ring (bicyclic) bond motifs is 1. The molecular formula is C26H28N4O7. The van der Waals surface area contributed by atoms with E-state index in [9.17, 15) is 28.8 Å². The minimum Gasteiger partial charge on any atom is -0.481 e. The lowest BCUT2D eigenvalue weighted by molar-refractivity contribution is -0.137. The summed E-state index contributed by atoms with van der Waals surface area (Å²) in [6.45, 7) is 1.11. The molecule has 37 heavy (non-hydrogen) atoms. The first-order valence-electron chi connectivity index (χ1n) is 12.3. The van der Waals surface area contributed by atoms with Crippen LogP contribution in [0, 0.1) is 0 Å². The summed E-state index contributed by atoms with van der Waals surface area (Å²) >= 11 is 0. The van der Waals surface area contributed by atoms with Crippen molar-refractivity contribution in [2.45, 2.75) is 57.5 Å². The molecule has 0 aliphatic carbocycles. The zero-order valence-corrected chi connectivity index (χ0v) is 20.2. The van der Waals surface area contributed by atoms with Crippen molar-refractivity contribution in [1.82, 2.24) is 14.8 Å². The van der Waals surface area contributed by atoms with Crippen molar-refractivity contribution >= 4 is 35.3 Å². The first-order valence-corrected chi connectivity index (χ1v) is 12.3. The molecule has 11 heteroatoms. The lowest BCUT2D eigenvalue weighted by atomic mass is 10.0. The van der Waals surface area contributed by atoms with Crippen LogP contribution in [0.4, 0.5) is 5.69 Å². The number of anilines is 1. The monoisotopic (exact) mass is 508 g/mol. The van der Waals surface area contributed by atoms with Gasteiger partial charge in [0.2, 0.25) is 11.8 Å². The first kappa shape index (κ1) is 25.8. The largest absolute Gasteiger partial charge is 0.481 e. The molecule has 1 aromatic carbocycles. The van der Waals surface area contributed by atoms with Crippen molar-refractivity contribution in [1.29, 1.82) is 0 Å². The van der Waals surface area contributed by atoms with Crippen LogP contribution in [0.2, 0.25) is 0 Å². The van der Waals surface area contributed by atoms with E-state index in [0.29, 0.717) is 24.3 Å². The number of aliphatic carboxylic acids is 1. The van der Waals surface area contributed by atoms with Crippen LogP contribution in [-0.2, 0) is 27.3 Å². The highest BCUT2D eigenvalue weighted by Gasteiger charge is 2.45. The van der Waals surface area contributed by atoms with Gasteiger partial charge in [0.1, 0.15) is 6.04 Å². The molecule has 0 bridgehead atoms. The van der Waals surface area contributed by atoms with Crippen LogP contribution in [0.1, 0.15) is 64.8 Å². The molecule has 4 amide bonds. The summed E-state index contributed by atoms with van der Waals surface area (Å²) in [7, 11) is 0. The normalized spacial score (nSPS) is 17.1. The van der Waals surface area contributed by atoms with Crippen molar-refractivity contribution in [3.63, 3.8) is 0 Å². The minimum atomic E-state index is -1.00. The number of benzene rings is 1. The highest BCUT2D eigenvalue weighted by atomic mass is 16.4. The van der Waals surface area contributed by atoms with E-state index >= 15 is 0 Å². The van der Waals surface area contributed by atoms with Gasteiger partial charge in [-0.25, -0.2) is 0 Å². The Morgan fingerprint density at radius 3 is 2.54 bits per heavy atom. The second kappa shape index (κ2) is 11.2. The summed E-state index contributed by atoms with van der Waals surface area (Å²) in [4.78, 5) is 73.5. The number of unbranched alkanes of at least 4 members (excludes halogenated alkanes) is 3. The van der Waals surface area contributed by atoms with E-state index in [0.717, 1.165) is 30.6 Å². The highest BCUT2D eigenvalue weighted by Crippen LogP contribution is 2.32. The van der Waals surface area contributed by atoms with Crippen LogP contribution in [0.3, 0.4) is 0 Å². The quantitative estimate of drug-likeness (QED) is 0.305. The Hall–Kier alpha value is -4.28. The van der Waals surface area contributed by atoms with Crippen molar-refractivity contribution < 1.29 is 29.1 Å². The fraction of sp³-hybridized carbons (Fsp3) is 0.385. The first-order chi connectivity index (χ1) is 17.8. The van der Waals surface area contributed by atoms with Gasteiger partial charge in [-0.1, -0.05) is 18.9 Å². The molecule has 1 saturated heterocycles. The molecule has 1 unspecified atom stereocenters. The third-order valence-corrected chi connectivity index (χ3v) is 6.53. The van der Waals surface area contributed by atoms with Crippen LogP contribution in [0.5, 0.6) is 0 Å². The predicted molar refractivity (Wildman–Crippen MR) is 132 cm³/mol. The maximum Gasteiger partial charge on any atom is 0.307 e. The number of pyridine rings is 1. The summed E-state index contributed by atoms with van der Waals surface area (Å²) in [6, 6.07) is 6.95. The minimum absolute atomic E-state index is 0.0690. The molecule has 0 spiro atoms. The van der Waals surface area contributed by atoms with Gasteiger partial charge in [0.25, 0.3) is 17.4 Å². The molecule has 1 fully saturated rings. The van der Waals surface area contributed by atoms with Gasteiger partial charge in [0.15, 0.2) is 0 Å². The zero-order chi connectivity index (χ0) is 26.5. The molecule has 4 rings (SSSR count). The van der Waals surface area contributed by atoms with E-state index in [1.165, 1.54) is 6.07 Å². The number of aryl methyl sites for hydroxylation is 1. The predicted octanol–water partition coefficient (Wildman–Crippen LogP) is 1.55. The standard InChI is InChI=1S/C26H28N4O7/c31-20-9-8-19(24(35)28-20)30-25(36)17-6-5-7-18(23(17)26(30)37)27-11-3-1-2-4-12-29-13-10-16(14-21(29)32)15-22(33)34/h5-7,10,13-14,19,27H,1-4,8-9,11-12,15H2,(H,33,34)(H,28,31,35). The third kappa shape index (κ3) is 5.76. The van der Waals surface area contributed by atoms with Gasteiger partial charge < -0.3 is 15.0 Å². The average Bonchev–Trinajstić information content (AvgIpc) is 3.10. The fourth-order valence-electron chi connectivity index (χ4n) is 4.66. The van der Waals surface area contributed by atoms with E-state index in [4.69, 9.17) is 5.11 Å². The second-order valence-corrected chi connectivity index (χ2v) is 9.15. The summed E-state index contributed by atoms with van der Waals surface area (Å²) in [6.07, 6.45) is 4.96. The van der Waals surface area contributed by atoms with Crippen LogP contribution < -0.4 is 16.2 Å². The van der Waals surface area contributed by atoms with Crippen LogP contribution in [0.25, 0.3) is 0 Å². The van der Waals surface area contributed by atoms with Gasteiger partial charge in [-0.2, -0.15) is 0 Å². The van der Waals surface area contributed by atoms with E-state index in [1.807, 2.05) is 0 Å². The molecule has 1 atom stereocenters. The number of carboxylic acids is 1. The molecule has 0 saturated carbocycles. The van der Waals surface area contributed by atoms with Gasteiger partial charge >= 0.3 is 5.97 Å². The van der Waals surface area contributed by atoms with Gasteiger partial charge in [-0.15, -0.1) is 0 Å². The average molecular weight is 509 g/mol. The molecule has 11 nitrogen and oxygen atoms in total. The lowest BCUT2D eigenvalue weighted by Gasteiger charge is -2.27.